The van der Waals surface area contributed by atoms with Crippen molar-refractivity contribution in [1.82, 2.24) is 4.72 Å². The normalized spacial score (nSPS) is 11.4. The van der Waals surface area contributed by atoms with E-state index in [4.69, 9.17) is 17.3 Å². The molecule has 0 fully saturated rings. The number of nitrogens with two attached hydrogens (primary N) is 1. The van der Waals surface area contributed by atoms with E-state index in [-0.39, 0.29) is 21.5 Å². The summed E-state index contributed by atoms with van der Waals surface area (Å²) in [5.74, 6) is -0.694. The van der Waals surface area contributed by atoms with Crippen molar-refractivity contribution in [3.63, 3.8) is 0 Å². The maximum Gasteiger partial charge on any atom is 0.242 e. The summed E-state index contributed by atoms with van der Waals surface area (Å²) < 4.78 is 38.2. The molecule has 0 bridgehead atoms. The van der Waals surface area contributed by atoms with E-state index in [0.717, 1.165) is 18.2 Å². The van der Waals surface area contributed by atoms with Crippen molar-refractivity contribution in [2.24, 2.45) is 5.73 Å². The van der Waals surface area contributed by atoms with Gasteiger partial charge >= 0.3 is 0 Å². The molecule has 0 spiro atoms. The molecular weight excluding hydrogens is 275 g/mol. The van der Waals surface area contributed by atoms with Crippen molar-refractivity contribution in [3.8, 4) is 0 Å². The first kappa shape index (κ1) is 13.3. The van der Waals surface area contributed by atoms with Crippen LogP contribution in [0.15, 0.2) is 23.1 Å². The van der Waals surface area contributed by atoms with Crippen LogP contribution in [-0.2, 0) is 10.0 Å². The van der Waals surface area contributed by atoms with Crippen molar-refractivity contribution in [1.29, 1.82) is 0 Å². The highest BCUT2D eigenvalue weighted by molar-refractivity contribution is 7.89. The molecule has 0 aromatic heterocycles. The Morgan fingerprint density at radius 2 is 2.19 bits per heavy atom. The Morgan fingerprint density at radius 3 is 2.75 bits per heavy atom. The molecule has 8 heteroatoms. The SMILES string of the molecule is NC(=S)CNS(=O)(=O)c1cc(F)ccc1Cl. The van der Waals surface area contributed by atoms with Gasteiger partial charge in [-0.2, -0.15) is 0 Å². The van der Waals surface area contributed by atoms with E-state index in [2.05, 4.69) is 16.9 Å². The van der Waals surface area contributed by atoms with Gasteiger partial charge in [-0.25, -0.2) is 17.5 Å². The number of hydrogen-bond donors (Lipinski definition) is 2. The van der Waals surface area contributed by atoms with Crippen LogP contribution in [0, 0.1) is 5.82 Å². The summed E-state index contributed by atoms with van der Waals surface area (Å²) in [5, 5.41) is -0.0724. The molecule has 1 rings (SSSR count). The van der Waals surface area contributed by atoms with Gasteiger partial charge in [-0.3, -0.25) is 0 Å². The van der Waals surface area contributed by atoms with Gasteiger partial charge < -0.3 is 5.73 Å². The monoisotopic (exact) mass is 282 g/mol. The summed E-state index contributed by atoms with van der Waals surface area (Å²) in [4.78, 5) is -0.360. The lowest BCUT2D eigenvalue weighted by atomic mass is 10.3. The second-order valence-electron chi connectivity index (χ2n) is 2.87. The van der Waals surface area contributed by atoms with E-state index in [1.54, 1.807) is 0 Å². The largest absolute Gasteiger partial charge is 0.392 e. The molecule has 0 aliphatic carbocycles. The molecule has 16 heavy (non-hydrogen) atoms. The van der Waals surface area contributed by atoms with Gasteiger partial charge in [0, 0.05) is 0 Å². The van der Waals surface area contributed by atoms with Crippen molar-refractivity contribution < 1.29 is 12.8 Å². The number of benzene rings is 1. The summed E-state index contributed by atoms with van der Waals surface area (Å²) in [7, 11) is -3.90. The minimum absolute atomic E-state index is 0.0175. The third-order valence-electron chi connectivity index (χ3n) is 1.62. The van der Waals surface area contributed by atoms with Crippen LogP contribution in [0.3, 0.4) is 0 Å². The van der Waals surface area contributed by atoms with E-state index in [1.165, 1.54) is 0 Å². The minimum atomic E-state index is -3.90. The van der Waals surface area contributed by atoms with E-state index >= 15 is 0 Å². The fourth-order valence-corrected chi connectivity index (χ4v) is 2.61. The molecular formula is C8H8ClFN2O2S2. The topological polar surface area (TPSA) is 72.2 Å². The van der Waals surface area contributed by atoms with Gasteiger partial charge in [0.2, 0.25) is 10.0 Å². The molecule has 3 N–H and O–H groups in total. The average molecular weight is 283 g/mol. The Bertz CT molecular complexity index is 519. The molecule has 88 valence electrons. The zero-order valence-electron chi connectivity index (χ0n) is 7.91. The maximum atomic E-state index is 12.9. The first-order valence-corrected chi connectivity index (χ1v) is 6.33. The highest BCUT2D eigenvalue weighted by Crippen LogP contribution is 2.21. The zero-order valence-corrected chi connectivity index (χ0v) is 10.3. The van der Waals surface area contributed by atoms with Crippen LogP contribution in [0.2, 0.25) is 5.02 Å². The zero-order chi connectivity index (χ0) is 12.3. The van der Waals surface area contributed by atoms with Crippen molar-refractivity contribution >= 4 is 38.8 Å². The van der Waals surface area contributed by atoms with Crippen LogP contribution >= 0.6 is 23.8 Å². The van der Waals surface area contributed by atoms with Gasteiger partial charge in [-0.15, -0.1) is 0 Å². The first-order chi connectivity index (χ1) is 7.33. The molecule has 1 aromatic rings. The second kappa shape index (κ2) is 5.05. The van der Waals surface area contributed by atoms with Gasteiger partial charge in [-0.1, -0.05) is 23.8 Å². The lowest BCUT2D eigenvalue weighted by Crippen LogP contribution is -2.32. The van der Waals surface area contributed by atoms with Crippen LogP contribution in [0.1, 0.15) is 0 Å². The molecule has 0 heterocycles. The lowest BCUT2D eigenvalue weighted by Gasteiger charge is -2.07. The van der Waals surface area contributed by atoms with Crippen molar-refractivity contribution in [2.45, 2.75) is 4.90 Å². The van der Waals surface area contributed by atoms with E-state index in [1.807, 2.05) is 0 Å². The van der Waals surface area contributed by atoms with E-state index < -0.39 is 15.8 Å². The Hall–Kier alpha value is -0.760. The van der Waals surface area contributed by atoms with Crippen LogP contribution < -0.4 is 10.5 Å². The van der Waals surface area contributed by atoms with Gasteiger partial charge in [-0.05, 0) is 18.2 Å². The number of halogens is 2. The maximum absolute atomic E-state index is 12.9. The van der Waals surface area contributed by atoms with Crippen LogP contribution in [0.4, 0.5) is 4.39 Å². The molecule has 0 radical (unpaired) electrons. The van der Waals surface area contributed by atoms with E-state index in [0.29, 0.717) is 0 Å². The van der Waals surface area contributed by atoms with Gasteiger partial charge in [0.1, 0.15) is 10.7 Å². The predicted molar refractivity (Wildman–Crippen MR) is 63.4 cm³/mol. The Morgan fingerprint density at radius 1 is 1.56 bits per heavy atom. The number of nitrogens with one attached hydrogen (secondary N) is 1. The molecule has 4 nitrogen and oxygen atoms in total. The standard InChI is InChI=1S/C8H8ClFN2O2S2/c9-6-2-1-5(10)3-7(6)16(13,14)12-4-8(11)15/h1-3,12H,4H2,(H2,11,15). The van der Waals surface area contributed by atoms with Crippen LogP contribution in [-0.4, -0.2) is 20.0 Å². The van der Waals surface area contributed by atoms with Crippen LogP contribution in [0.25, 0.3) is 0 Å². The molecule has 0 aliphatic heterocycles. The van der Waals surface area contributed by atoms with Gasteiger partial charge in [0.25, 0.3) is 0 Å². The van der Waals surface area contributed by atoms with Gasteiger partial charge in [0.05, 0.1) is 16.6 Å². The number of sulfonamides is 1. The molecule has 1 aromatic carbocycles. The predicted octanol–water partition coefficient (Wildman–Crippen LogP) is 1.04. The number of rotatable bonds is 4. The smallest absolute Gasteiger partial charge is 0.242 e. The quantitative estimate of drug-likeness (QED) is 0.810. The average Bonchev–Trinajstić information content (AvgIpc) is 2.19. The molecule has 0 aliphatic rings. The lowest BCUT2D eigenvalue weighted by molar-refractivity contribution is 0.582. The Kier molecular flexibility index (Phi) is 4.20. The summed E-state index contributed by atoms with van der Waals surface area (Å²) in [5.41, 5.74) is 5.14. The van der Waals surface area contributed by atoms with Crippen molar-refractivity contribution in [2.75, 3.05) is 6.54 Å². The van der Waals surface area contributed by atoms with Gasteiger partial charge in [0.15, 0.2) is 0 Å². The molecule has 0 saturated heterocycles. The summed E-state index contributed by atoms with van der Waals surface area (Å²) >= 11 is 10.2. The number of thiocarbonyl (C=S) groups is 1. The van der Waals surface area contributed by atoms with Crippen LogP contribution in [0.5, 0.6) is 0 Å². The third kappa shape index (κ3) is 3.38. The Labute approximate surface area is 103 Å². The summed E-state index contributed by atoms with van der Waals surface area (Å²) in [6.45, 7) is -0.204. The molecule has 0 amide bonds. The fraction of sp³-hybridized carbons (Fsp3) is 0.125. The second-order valence-corrected chi connectivity index (χ2v) is 5.53. The summed E-state index contributed by atoms with van der Waals surface area (Å²) in [6, 6.07) is 3.05. The van der Waals surface area contributed by atoms with E-state index in [9.17, 15) is 12.8 Å². The fourth-order valence-electron chi connectivity index (χ4n) is 0.927. The third-order valence-corrected chi connectivity index (χ3v) is 3.65. The minimum Gasteiger partial charge on any atom is -0.392 e. The number of hydrogen-bond acceptors (Lipinski definition) is 3. The molecule has 0 saturated carbocycles. The highest BCUT2D eigenvalue weighted by Gasteiger charge is 2.18. The first-order valence-electron chi connectivity index (χ1n) is 4.06. The molecule has 0 unspecified atom stereocenters. The Balaban J connectivity index is 3.07. The molecule has 0 atom stereocenters. The highest BCUT2D eigenvalue weighted by atomic mass is 35.5. The van der Waals surface area contributed by atoms with Crippen molar-refractivity contribution in [3.05, 3.63) is 29.0 Å². The summed E-state index contributed by atoms with van der Waals surface area (Å²) in [6.07, 6.45) is 0.